The first-order valence-corrected chi connectivity index (χ1v) is 3.13. The Labute approximate surface area is 63.8 Å². The number of hydrogen-bond donors (Lipinski definition) is 0. The molecule has 0 saturated carbocycles. The maximum atomic E-state index is 10.4. The van der Waals surface area contributed by atoms with Gasteiger partial charge in [0.1, 0.15) is 6.61 Å². The molecule has 0 N–H and O–H groups in total. The quantitative estimate of drug-likeness (QED) is 0.266. The molecule has 0 unspecified atom stereocenters. The maximum Gasteiger partial charge on any atom is 0.331 e. The Morgan fingerprint density at radius 1 is 1.80 bits per heavy atom. The zero-order valence-corrected chi connectivity index (χ0v) is 5.97. The zero-order valence-electron chi connectivity index (χ0n) is 5.21. The van der Waals surface area contributed by atoms with Gasteiger partial charge in [0.15, 0.2) is 0 Å². The average Bonchev–Trinajstić information content (AvgIpc) is 1.97. The molecule has 0 aliphatic rings. The predicted octanol–water partition coefficient (Wildman–Crippen LogP) is 0.848. The van der Waals surface area contributed by atoms with Crippen LogP contribution in [-0.4, -0.2) is 18.5 Å². The van der Waals surface area contributed by atoms with Gasteiger partial charge in [-0.2, -0.15) is 5.26 Å². The molecule has 0 aliphatic heterocycles. The number of carbonyl (C=O) groups is 1. The topological polar surface area (TPSA) is 50.1 Å². The summed E-state index contributed by atoms with van der Waals surface area (Å²) in [5, 5.41) is 7.97. The largest absolute Gasteiger partial charge is 0.461 e. The van der Waals surface area contributed by atoms with Crippen LogP contribution in [0.15, 0.2) is 12.2 Å². The number of nitriles is 1. The minimum Gasteiger partial charge on any atom is -0.461 e. The molecule has 54 valence electrons. The molecule has 0 heterocycles. The van der Waals surface area contributed by atoms with E-state index in [1.165, 1.54) is 0 Å². The van der Waals surface area contributed by atoms with Crippen molar-refractivity contribution in [1.29, 1.82) is 5.26 Å². The highest BCUT2D eigenvalue weighted by Crippen LogP contribution is 1.82. The Balaban J connectivity index is 3.46. The van der Waals surface area contributed by atoms with Crippen molar-refractivity contribution in [3.63, 3.8) is 0 Å². The third-order valence-electron chi connectivity index (χ3n) is 0.615. The predicted molar refractivity (Wildman–Crippen MR) is 36.4 cm³/mol. The number of alkyl halides is 1. The van der Waals surface area contributed by atoms with Gasteiger partial charge < -0.3 is 4.74 Å². The van der Waals surface area contributed by atoms with Crippen LogP contribution in [0, 0.1) is 11.3 Å². The van der Waals surface area contributed by atoms with Crippen LogP contribution < -0.4 is 0 Å². The summed E-state index contributed by atoms with van der Waals surface area (Å²) in [6, 6.07) is 1.66. The van der Waals surface area contributed by atoms with Crippen molar-refractivity contribution in [2.45, 2.75) is 0 Å². The molecule has 0 spiro atoms. The third-order valence-corrected chi connectivity index (χ3v) is 0.770. The van der Waals surface area contributed by atoms with Gasteiger partial charge in [0.25, 0.3) is 0 Å². The van der Waals surface area contributed by atoms with Crippen molar-refractivity contribution in [2.24, 2.45) is 0 Å². The van der Waals surface area contributed by atoms with Crippen molar-refractivity contribution >= 4 is 17.6 Å². The molecule has 0 rings (SSSR count). The van der Waals surface area contributed by atoms with Crippen LogP contribution in [0.1, 0.15) is 0 Å². The fourth-order valence-electron chi connectivity index (χ4n) is 0.293. The van der Waals surface area contributed by atoms with Gasteiger partial charge in [-0.25, -0.2) is 4.79 Å². The van der Waals surface area contributed by atoms with Crippen LogP contribution in [0.2, 0.25) is 0 Å². The molecule has 0 atom stereocenters. The van der Waals surface area contributed by atoms with Gasteiger partial charge in [0.2, 0.25) is 0 Å². The first-order valence-electron chi connectivity index (χ1n) is 2.60. The summed E-state index contributed by atoms with van der Waals surface area (Å²) < 4.78 is 4.48. The lowest BCUT2D eigenvalue weighted by atomic mass is 10.5. The molecule has 4 heteroatoms. The SMILES string of the molecule is N#CC=CC(=O)OCCCl. The van der Waals surface area contributed by atoms with Crippen LogP contribution in [0.25, 0.3) is 0 Å². The highest BCUT2D eigenvalue weighted by atomic mass is 35.5. The fourth-order valence-corrected chi connectivity index (χ4v) is 0.370. The van der Waals surface area contributed by atoms with Crippen LogP contribution in [0.3, 0.4) is 0 Å². The molecule has 3 nitrogen and oxygen atoms in total. The van der Waals surface area contributed by atoms with E-state index in [1.807, 2.05) is 0 Å². The van der Waals surface area contributed by atoms with Gasteiger partial charge in [0.05, 0.1) is 11.9 Å². The summed E-state index contributed by atoms with van der Waals surface area (Å²) in [5.41, 5.74) is 0. The number of halogens is 1. The molecular formula is C6H6ClNO2. The summed E-state index contributed by atoms with van der Waals surface area (Å²) >= 11 is 5.21. The van der Waals surface area contributed by atoms with Gasteiger partial charge >= 0.3 is 5.97 Å². The summed E-state index contributed by atoms with van der Waals surface area (Å²) in [4.78, 5) is 10.4. The van der Waals surface area contributed by atoms with Crippen molar-refractivity contribution in [2.75, 3.05) is 12.5 Å². The van der Waals surface area contributed by atoms with Crippen molar-refractivity contribution in [3.8, 4) is 6.07 Å². The Morgan fingerprint density at radius 2 is 2.50 bits per heavy atom. The molecule has 0 aromatic heterocycles. The van der Waals surface area contributed by atoms with Gasteiger partial charge in [-0.3, -0.25) is 0 Å². The van der Waals surface area contributed by atoms with E-state index in [4.69, 9.17) is 16.9 Å². The molecule has 0 aromatic carbocycles. The second kappa shape index (κ2) is 6.12. The molecule has 0 radical (unpaired) electrons. The summed E-state index contributed by atoms with van der Waals surface area (Å²) in [6.07, 6.45) is 2.10. The molecule has 0 aromatic rings. The Kier molecular flexibility index (Phi) is 5.50. The average molecular weight is 160 g/mol. The van der Waals surface area contributed by atoms with Crippen LogP contribution in [0.4, 0.5) is 0 Å². The zero-order chi connectivity index (χ0) is 7.82. The fraction of sp³-hybridized carbons (Fsp3) is 0.333. The summed E-state index contributed by atoms with van der Waals surface area (Å²) in [5.74, 6) is -0.270. The monoisotopic (exact) mass is 159 g/mol. The summed E-state index contributed by atoms with van der Waals surface area (Å²) in [6.45, 7) is 0.177. The molecule has 10 heavy (non-hydrogen) atoms. The van der Waals surface area contributed by atoms with Crippen molar-refractivity contribution in [3.05, 3.63) is 12.2 Å². The van der Waals surface area contributed by atoms with Crippen molar-refractivity contribution in [1.82, 2.24) is 0 Å². The summed E-state index contributed by atoms with van der Waals surface area (Å²) in [7, 11) is 0. The first-order chi connectivity index (χ1) is 4.81. The molecule has 0 fully saturated rings. The van der Waals surface area contributed by atoms with Crippen LogP contribution in [0.5, 0.6) is 0 Å². The lowest BCUT2D eigenvalue weighted by Gasteiger charge is -1.94. The van der Waals surface area contributed by atoms with E-state index in [-0.39, 0.29) is 12.5 Å². The number of rotatable bonds is 3. The third kappa shape index (κ3) is 5.13. The van der Waals surface area contributed by atoms with E-state index in [2.05, 4.69) is 4.74 Å². The van der Waals surface area contributed by atoms with Crippen molar-refractivity contribution < 1.29 is 9.53 Å². The highest BCUT2D eigenvalue weighted by molar-refractivity contribution is 6.18. The highest BCUT2D eigenvalue weighted by Gasteiger charge is 1.92. The van der Waals surface area contributed by atoms with Gasteiger partial charge in [-0.05, 0) is 0 Å². The molecule has 0 amide bonds. The smallest absolute Gasteiger partial charge is 0.331 e. The molecule has 0 aliphatic carbocycles. The minimum absolute atomic E-state index is 0.177. The minimum atomic E-state index is -0.540. The second-order valence-corrected chi connectivity index (χ2v) is 1.70. The van der Waals surface area contributed by atoms with E-state index in [1.54, 1.807) is 6.07 Å². The number of esters is 1. The molecule has 0 saturated heterocycles. The van der Waals surface area contributed by atoms with Crippen LogP contribution in [-0.2, 0) is 9.53 Å². The van der Waals surface area contributed by atoms with Crippen LogP contribution >= 0.6 is 11.6 Å². The normalized spacial score (nSPS) is 9.20. The first kappa shape index (κ1) is 8.99. The number of nitrogens with zero attached hydrogens (tertiary/aromatic N) is 1. The Bertz CT molecular complexity index is 171. The standard InChI is InChI=1S/C6H6ClNO2/c7-3-5-10-6(9)2-1-4-8/h1-2H,3,5H2. The Morgan fingerprint density at radius 3 is 3.00 bits per heavy atom. The van der Waals surface area contributed by atoms with E-state index in [0.717, 1.165) is 12.2 Å². The van der Waals surface area contributed by atoms with E-state index in [9.17, 15) is 4.79 Å². The van der Waals surface area contributed by atoms with Gasteiger partial charge in [-0.1, -0.05) is 0 Å². The second-order valence-electron chi connectivity index (χ2n) is 1.32. The lowest BCUT2D eigenvalue weighted by molar-refractivity contribution is -0.137. The van der Waals surface area contributed by atoms with E-state index >= 15 is 0 Å². The lowest BCUT2D eigenvalue weighted by Crippen LogP contribution is -2.02. The van der Waals surface area contributed by atoms with Gasteiger partial charge in [0, 0.05) is 12.2 Å². The maximum absolute atomic E-state index is 10.4. The Hall–Kier alpha value is -1.01. The molecular weight excluding hydrogens is 154 g/mol. The number of hydrogen-bond acceptors (Lipinski definition) is 3. The van der Waals surface area contributed by atoms with E-state index < -0.39 is 5.97 Å². The number of allylic oxidation sites excluding steroid dienone is 1. The van der Waals surface area contributed by atoms with Gasteiger partial charge in [-0.15, -0.1) is 11.6 Å². The number of carbonyl (C=O) groups excluding carboxylic acids is 1. The van der Waals surface area contributed by atoms with E-state index in [0.29, 0.717) is 0 Å². The number of ether oxygens (including phenoxy) is 1. The molecule has 0 bridgehead atoms.